The molecule has 0 atom stereocenters. The van der Waals surface area contributed by atoms with Crippen molar-refractivity contribution in [1.82, 2.24) is 10.3 Å². The molecule has 1 aliphatic rings. The van der Waals surface area contributed by atoms with Crippen LogP contribution < -0.4 is 10.1 Å². The van der Waals surface area contributed by atoms with E-state index in [0.717, 1.165) is 42.6 Å². The van der Waals surface area contributed by atoms with E-state index in [1.54, 1.807) is 0 Å². The fourth-order valence-corrected chi connectivity index (χ4v) is 2.29. The highest BCUT2D eigenvalue weighted by Crippen LogP contribution is 2.26. The van der Waals surface area contributed by atoms with Gasteiger partial charge in [0.05, 0.1) is 11.7 Å². The van der Waals surface area contributed by atoms with E-state index in [1.165, 1.54) is 12.3 Å². The molecule has 3 nitrogen and oxygen atoms in total. The lowest BCUT2D eigenvalue weighted by Gasteiger charge is -2.24. The molecule has 19 heavy (non-hydrogen) atoms. The first kappa shape index (κ1) is 14.0. The number of aromatic nitrogens is 1. The number of rotatable bonds is 2. The molecule has 0 spiro atoms. The summed E-state index contributed by atoms with van der Waals surface area (Å²) in [6.45, 7) is 1.95. The predicted molar refractivity (Wildman–Crippen MR) is 75.5 cm³/mol. The van der Waals surface area contributed by atoms with E-state index in [0.29, 0.717) is 0 Å². The predicted octanol–water partition coefficient (Wildman–Crippen LogP) is 2.93. The summed E-state index contributed by atoms with van der Waals surface area (Å²) in [6, 6.07) is 7.12. The quantitative estimate of drug-likeness (QED) is 0.920. The van der Waals surface area contributed by atoms with Gasteiger partial charge in [-0.2, -0.15) is 0 Å². The van der Waals surface area contributed by atoms with Crippen LogP contribution in [-0.4, -0.2) is 24.2 Å². The van der Waals surface area contributed by atoms with Gasteiger partial charge in [0.2, 0.25) is 0 Å². The number of hydrogen-bond donors (Lipinski definition) is 1. The van der Waals surface area contributed by atoms with Gasteiger partial charge in [-0.3, -0.25) is 4.98 Å². The molecule has 1 saturated heterocycles. The molecule has 0 unspecified atom stereocenters. The molecule has 1 N–H and O–H groups in total. The molecule has 2 aromatic rings. The third-order valence-electron chi connectivity index (χ3n) is 3.23. The fourth-order valence-electron chi connectivity index (χ4n) is 2.29. The zero-order valence-corrected chi connectivity index (χ0v) is 11.3. The average molecular weight is 283 g/mol. The first-order valence-corrected chi connectivity index (χ1v) is 6.24. The molecule has 0 radical (unpaired) electrons. The average Bonchev–Trinajstić information content (AvgIpc) is 2.41. The standard InChI is InChI=1S/C14H15FN2O.ClH/c15-10-8-12-13(17-9-10)2-1-3-14(12)18-11-4-6-16-7-5-11;/h1-3,8-9,11,16H,4-7H2;1H. The second-order valence-corrected chi connectivity index (χ2v) is 4.54. The number of piperidine rings is 1. The molecular weight excluding hydrogens is 267 g/mol. The minimum absolute atomic E-state index is 0. The summed E-state index contributed by atoms with van der Waals surface area (Å²) in [7, 11) is 0. The lowest BCUT2D eigenvalue weighted by molar-refractivity contribution is 0.164. The Hall–Kier alpha value is -1.39. The van der Waals surface area contributed by atoms with Crippen molar-refractivity contribution in [3.05, 3.63) is 36.3 Å². The van der Waals surface area contributed by atoms with Crippen molar-refractivity contribution in [2.24, 2.45) is 0 Å². The van der Waals surface area contributed by atoms with Crippen LogP contribution >= 0.6 is 12.4 Å². The number of fused-ring (bicyclic) bond motifs is 1. The Morgan fingerprint density at radius 3 is 2.84 bits per heavy atom. The van der Waals surface area contributed by atoms with Gasteiger partial charge in [0.1, 0.15) is 17.7 Å². The van der Waals surface area contributed by atoms with E-state index in [1.807, 2.05) is 18.2 Å². The number of benzene rings is 1. The Balaban J connectivity index is 0.00000133. The summed E-state index contributed by atoms with van der Waals surface area (Å²) in [5.41, 5.74) is 0.767. The number of nitrogens with one attached hydrogen (secondary N) is 1. The maximum atomic E-state index is 13.3. The summed E-state index contributed by atoms with van der Waals surface area (Å²) in [5.74, 6) is 0.398. The molecule has 2 heterocycles. The summed E-state index contributed by atoms with van der Waals surface area (Å²) in [5, 5.41) is 4.04. The van der Waals surface area contributed by atoms with E-state index in [2.05, 4.69) is 10.3 Å². The number of nitrogens with zero attached hydrogens (tertiary/aromatic N) is 1. The monoisotopic (exact) mass is 282 g/mol. The Kier molecular flexibility index (Phi) is 4.56. The van der Waals surface area contributed by atoms with E-state index < -0.39 is 0 Å². The highest BCUT2D eigenvalue weighted by Gasteiger charge is 2.15. The molecule has 0 amide bonds. The third-order valence-corrected chi connectivity index (χ3v) is 3.23. The first-order chi connectivity index (χ1) is 8.83. The van der Waals surface area contributed by atoms with Gasteiger partial charge in [0, 0.05) is 5.39 Å². The van der Waals surface area contributed by atoms with E-state index in [-0.39, 0.29) is 24.3 Å². The highest BCUT2D eigenvalue weighted by molar-refractivity contribution is 5.85. The Morgan fingerprint density at radius 1 is 1.26 bits per heavy atom. The number of halogens is 2. The van der Waals surface area contributed by atoms with Crippen LogP contribution in [-0.2, 0) is 0 Å². The molecular formula is C14H16ClFN2O. The molecule has 1 aliphatic heterocycles. The van der Waals surface area contributed by atoms with Crippen LogP contribution in [0.5, 0.6) is 5.75 Å². The topological polar surface area (TPSA) is 34.1 Å². The van der Waals surface area contributed by atoms with E-state index in [9.17, 15) is 4.39 Å². The van der Waals surface area contributed by atoms with Crippen LogP contribution in [0, 0.1) is 5.82 Å². The van der Waals surface area contributed by atoms with Crippen molar-refractivity contribution in [2.45, 2.75) is 18.9 Å². The number of pyridine rings is 1. The molecule has 0 saturated carbocycles. The number of ether oxygens (including phenoxy) is 1. The van der Waals surface area contributed by atoms with E-state index >= 15 is 0 Å². The van der Waals surface area contributed by atoms with Crippen molar-refractivity contribution in [1.29, 1.82) is 0 Å². The molecule has 0 aliphatic carbocycles. The van der Waals surface area contributed by atoms with Crippen molar-refractivity contribution < 1.29 is 9.13 Å². The zero-order valence-electron chi connectivity index (χ0n) is 10.4. The maximum Gasteiger partial charge on any atom is 0.142 e. The summed E-state index contributed by atoms with van der Waals surface area (Å²) < 4.78 is 19.2. The largest absolute Gasteiger partial charge is 0.490 e. The maximum absolute atomic E-state index is 13.3. The Bertz CT molecular complexity index is 558. The molecule has 1 aromatic heterocycles. The third kappa shape index (κ3) is 3.14. The molecule has 1 aromatic carbocycles. The van der Waals surface area contributed by atoms with Crippen LogP contribution in [0.25, 0.3) is 10.9 Å². The van der Waals surface area contributed by atoms with Gasteiger partial charge >= 0.3 is 0 Å². The van der Waals surface area contributed by atoms with Gasteiger partial charge in [-0.25, -0.2) is 4.39 Å². The van der Waals surface area contributed by atoms with Gasteiger partial charge < -0.3 is 10.1 Å². The first-order valence-electron chi connectivity index (χ1n) is 6.24. The normalized spacial score (nSPS) is 16.1. The second kappa shape index (κ2) is 6.17. The minimum atomic E-state index is -0.330. The molecule has 3 rings (SSSR count). The summed E-state index contributed by atoms with van der Waals surface area (Å²) in [4.78, 5) is 4.07. The lowest BCUT2D eigenvalue weighted by atomic mass is 10.1. The van der Waals surface area contributed by atoms with Crippen molar-refractivity contribution in [3.63, 3.8) is 0 Å². The smallest absolute Gasteiger partial charge is 0.142 e. The molecule has 0 bridgehead atoms. The van der Waals surface area contributed by atoms with Crippen molar-refractivity contribution in [2.75, 3.05) is 13.1 Å². The van der Waals surface area contributed by atoms with Gasteiger partial charge in [0.15, 0.2) is 0 Å². The lowest BCUT2D eigenvalue weighted by Crippen LogP contribution is -2.34. The molecule has 102 valence electrons. The Labute approximate surface area is 117 Å². The van der Waals surface area contributed by atoms with Gasteiger partial charge in [0.25, 0.3) is 0 Å². The van der Waals surface area contributed by atoms with Crippen molar-refractivity contribution in [3.8, 4) is 5.75 Å². The van der Waals surface area contributed by atoms with Crippen LogP contribution in [0.2, 0.25) is 0 Å². The number of hydrogen-bond acceptors (Lipinski definition) is 3. The SMILES string of the molecule is Cl.Fc1cnc2cccc(OC3CCNCC3)c2c1. The minimum Gasteiger partial charge on any atom is -0.490 e. The van der Waals surface area contributed by atoms with Crippen LogP contribution in [0.1, 0.15) is 12.8 Å². The fraction of sp³-hybridized carbons (Fsp3) is 0.357. The Morgan fingerprint density at radius 2 is 2.05 bits per heavy atom. The summed E-state index contributed by atoms with van der Waals surface area (Å²) >= 11 is 0. The van der Waals surface area contributed by atoms with Crippen LogP contribution in [0.4, 0.5) is 4.39 Å². The van der Waals surface area contributed by atoms with Gasteiger partial charge in [-0.1, -0.05) is 6.07 Å². The van der Waals surface area contributed by atoms with Gasteiger partial charge in [-0.15, -0.1) is 12.4 Å². The zero-order chi connectivity index (χ0) is 12.4. The van der Waals surface area contributed by atoms with Crippen molar-refractivity contribution >= 4 is 23.3 Å². The molecule has 1 fully saturated rings. The van der Waals surface area contributed by atoms with E-state index in [4.69, 9.17) is 4.74 Å². The van der Waals surface area contributed by atoms with Crippen LogP contribution in [0.3, 0.4) is 0 Å². The van der Waals surface area contributed by atoms with Crippen LogP contribution in [0.15, 0.2) is 30.5 Å². The highest BCUT2D eigenvalue weighted by atomic mass is 35.5. The second-order valence-electron chi connectivity index (χ2n) is 4.54. The molecule has 5 heteroatoms. The summed E-state index contributed by atoms with van der Waals surface area (Å²) in [6.07, 6.45) is 3.41. The van der Waals surface area contributed by atoms with Gasteiger partial charge in [-0.05, 0) is 44.1 Å².